The second-order valence-corrected chi connectivity index (χ2v) is 10.4. The van der Waals surface area contributed by atoms with Gasteiger partial charge in [0, 0.05) is 24.6 Å². The predicted molar refractivity (Wildman–Crippen MR) is 136 cm³/mol. The van der Waals surface area contributed by atoms with Gasteiger partial charge in [0.05, 0.1) is 51.6 Å². The van der Waals surface area contributed by atoms with E-state index in [-0.39, 0.29) is 0 Å². The summed E-state index contributed by atoms with van der Waals surface area (Å²) in [5.74, 6) is -23.7. The molecule has 0 aliphatic heterocycles. The fourth-order valence-corrected chi connectivity index (χ4v) is 4.11. The summed E-state index contributed by atoms with van der Waals surface area (Å²) in [6, 6.07) is 0. The minimum absolute atomic E-state index is 0.299. The molecule has 0 heterocycles. The zero-order chi connectivity index (χ0) is 40.8. The maximum atomic E-state index is 15.9. The van der Waals surface area contributed by atoms with Gasteiger partial charge in [-0.1, -0.05) is 19.7 Å². The maximum Gasteiger partial charge on any atom is 0.406 e. The predicted octanol–water partition coefficient (Wildman–Crippen LogP) is 7.07. The summed E-state index contributed by atoms with van der Waals surface area (Å²) in [5, 5.41) is 0. The highest BCUT2D eigenvalue weighted by atomic mass is 19.3. The maximum absolute atomic E-state index is 15.9. The van der Waals surface area contributed by atoms with Crippen LogP contribution >= 0.6 is 0 Å². The normalized spacial score (nSPS) is 23.7. The Hall–Kier alpha value is -3.61. The lowest BCUT2D eigenvalue weighted by atomic mass is 9.64. The molecule has 1 aliphatic rings. The van der Waals surface area contributed by atoms with Crippen molar-refractivity contribution in [1.29, 1.82) is 0 Å². The first-order valence-corrected chi connectivity index (χ1v) is 13.8. The van der Waals surface area contributed by atoms with Crippen LogP contribution in [0.1, 0.15) is 25.7 Å². The largest absolute Gasteiger partial charge is 0.462 e. The highest BCUT2D eigenvalue weighted by Crippen LogP contribution is 2.69. The second-order valence-electron chi connectivity index (χ2n) is 10.4. The zero-order valence-corrected chi connectivity index (χ0v) is 25.8. The lowest BCUT2D eigenvalue weighted by molar-refractivity contribution is -0.511. The van der Waals surface area contributed by atoms with Gasteiger partial charge >= 0.3 is 66.0 Å². The van der Waals surface area contributed by atoms with Crippen LogP contribution in [0.15, 0.2) is 38.0 Å². The van der Waals surface area contributed by atoms with Crippen LogP contribution in [-0.4, -0.2) is 98.1 Å². The first kappa shape index (κ1) is 46.4. The van der Waals surface area contributed by atoms with Gasteiger partial charge in [-0.25, -0.2) is 31.9 Å². The number of halogens is 16. The van der Waals surface area contributed by atoms with Gasteiger partial charge in [0.2, 0.25) is 0 Å². The van der Waals surface area contributed by atoms with E-state index < -0.39 is 130 Å². The van der Waals surface area contributed by atoms with Crippen LogP contribution < -0.4 is 0 Å². The lowest BCUT2D eigenvalue weighted by Gasteiger charge is -2.55. The van der Waals surface area contributed by atoms with Crippen molar-refractivity contribution in [2.24, 2.45) is 5.92 Å². The summed E-state index contributed by atoms with van der Waals surface area (Å²) in [4.78, 5) is 32.9. The van der Waals surface area contributed by atoms with Crippen molar-refractivity contribution in [1.82, 2.24) is 0 Å². The number of ether oxygens (including phenoxy) is 6. The number of hydrogen-bond acceptors (Lipinski definition) is 9. The number of rotatable bonds is 21. The summed E-state index contributed by atoms with van der Waals surface area (Å²) >= 11 is 0. The molecule has 52 heavy (non-hydrogen) atoms. The van der Waals surface area contributed by atoms with Crippen molar-refractivity contribution in [2.75, 3.05) is 26.4 Å². The first-order valence-electron chi connectivity index (χ1n) is 13.8. The van der Waals surface area contributed by atoms with Gasteiger partial charge in [0.25, 0.3) is 5.67 Å². The van der Waals surface area contributed by atoms with Gasteiger partial charge in [-0.15, -0.1) is 0 Å². The zero-order valence-electron chi connectivity index (χ0n) is 25.8. The molecule has 25 heteroatoms. The Morgan fingerprint density at radius 3 is 1.31 bits per heavy atom. The fourth-order valence-electron chi connectivity index (χ4n) is 4.11. The Kier molecular flexibility index (Phi) is 14.4. The molecule has 0 N–H and O–H groups in total. The molecule has 0 amide bonds. The summed E-state index contributed by atoms with van der Waals surface area (Å²) in [6.07, 6.45) is -40.3. The Morgan fingerprint density at radius 2 is 0.942 bits per heavy atom. The van der Waals surface area contributed by atoms with Gasteiger partial charge in [-0.3, -0.25) is 9.47 Å². The molecule has 0 aromatic carbocycles. The lowest BCUT2D eigenvalue weighted by Crippen LogP contribution is -2.82. The topological polar surface area (TPSA) is 107 Å². The molecule has 3 atom stereocenters. The first-order chi connectivity index (χ1) is 23.3. The average molecular weight is 798 g/mol. The second kappa shape index (κ2) is 16.2. The average Bonchev–Trinajstić information content (AvgIpc) is 2.99. The Balaban J connectivity index is 3.78. The summed E-state index contributed by atoms with van der Waals surface area (Å²) in [7, 11) is 0. The van der Waals surface area contributed by atoms with Crippen LogP contribution in [0.25, 0.3) is 0 Å². The third kappa shape index (κ3) is 10.1. The van der Waals surface area contributed by atoms with E-state index in [2.05, 4.69) is 48.2 Å². The summed E-state index contributed by atoms with van der Waals surface area (Å²) in [5.41, 5.74) is -14.8. The molecule has 0 spiro atoms. The third-order valence-corrected chi connectivity index (χ3v) is 6.76. The molecule has 1 aliphatic carbocycles. The van der Waals surface area contributed by atoms with Gasteiger partial charge < -0.3 is 18.9 Å². The van der Waals surface area contributed by atoms with Gasteiger partial charge in [-0.2, -0.15) is 52.7 Å². The van der Waals surface area contributed by atoms with E-state index in [9.17, 15) is 40.7 Å². The summed E-state index contributed by atoms with van der Waals surface area (Å²) in [6.45, 7) is 0.802. The Labute approximate surface area is 281 Å². The van der Waals surface area contributed by atoms with E-state index in [1.54, 1.807) is 0 Å². The Morgan fingerprint density at radius 1 is 0.596 bits per heavy atom. The van der Waals surface area contributed by atoms with Gasteiger partial charge in [0.15, 0.2) is 0 Å². The third-order valence-electron chi connectivity index (χ3n) is 6.76. The van der Waals surface area contributed by atoms with Crippen LogP contribution in [0.3, 0.4) is 0 Å². The van der Waals surface area contributed by atoms with Crippen molar-refractivity contribution in [3.05, 3.63) is 38.0 Å². The van der Waals surface area contributed by atoms with E-state index in [1.165, 1.54) is 0 Å². The van der Waals surface area contributed by atoms with Crippen molar-refractivity contribution >= 4 is 17.9 Å². The van der Waals surface area contributed by atoms with E-state index in [4.69, 9.17) is 0 Å². The molecular weight excluding hydrogens is 772 g/mol. The Bertz CT molecular complexity index is 1330. The van der Waals surface area contributed by atoms with E-state index in [1.807, 2.05) is 0 Å². The quantitative estimate of drug-likeness (QED) is 0.0522. The van der Waals surface area contributed by atoms with Crippen LogP contribution in [0, 0.1) is 5.92 Å². The van der Waals surface area contributed by atoms with Crippen molar-refractivity contribution in [3.63, 3.8) is 0 Å². The minimum Gasteiger partial charge on any atom is -0.462 e. The van der Waals surface area contributed by atoms with E-state index in [0.717, 1.165) is 0 Å². The van der Waals surface area contributed by atoms with Crippen LogP contribution in [0.5, 0.6) is 0 Å². The van der Waals surface area contributed by atoms with E-state index >= 15 is 43.9 Å². The van der Waals surface area contributed by atoms with Crippen LogP contribution in [0.2, 0.25) is 0 Å². The molecule has 0 aromatic rings. The summed E-state index contributed by atoms with van der Waals surface area (Å²) < 4.78 is 260. The standard InChI is InChI=1S/C27H26F16O9/c1-4-16(44)47-10-7-20(29,30)50-14-15-13-19(28,26(40,41)51-21(31,32)8-11-48-17(45)5-2)25(38,39)24(37,23(15,35)36)27(42,43)52-22(33,34)9-12-49-18(46)6-3/h4-6,15H,1-3,7-14H2. The monoisotopic (exact) mass is 798 g/mol. The number of hydrogen-bond donors (Lipinski definition) is 0. The smallest absolute Gasteiger partial charge is 0.406 e. The van der Waals surface area contributed by atoms with Crippen molar-refractivity contribution in [2.45, 2.75) is 79.4 Å². The van der Waals surface area contributed by atoms with Crippen molar-refractivity contribution in [3.8, 4) is 0 Å². The minimum atomic E-state index is -7.86. The highest BCUT2D eigenvalue weighted by molar-refractivity contribution is 5.81. The highest BCUT2D eigenvalue weighted by Gasteiger charge is 2.96. The van der Waals surface area contributed by atoms with E-state index in [0.29, 0.717) is 18.2 Å². The molecule has 300 valence electrons. The number of carbonyl (C=O) groups is 3. The molecular formula is C27H26F16O9. The molecule has 0 aromatic heterocycles. The van der Waals surface area contributed by atoms with Gasteiger partial charge in [-0.05, 0) is 0 Å². The molecule has 1 rings (SSSR count). The molecule has 0 saturated heterocycles. The van der Waals surface area contributed by atoms with Crippen molar-refractivity contribution < 1.29 is 113 Å². The number of alkyl halides is 16. The molecule has 0 radical (unpaired) electrons. The SMILES string of the molecule is C=CC(=O)OCCC(F)(F)OCC1CC(F)(C(F)(F)OC(F)(F)CCOC(=O)C=C)C(F)(F)C(F)(C(F)(F)OC(F)(F)CCOC(=O)C=C)C1(F)F. The fraction of sp³-hybridized carbons (Fsp3) is 0.667. The molecule has 1 saturated carbocycles. The van der Waals surface area contributed by atoms with Crippen LogP contribution in [-0.2, 0) is 42.8 Å². The van der Waals surface area contributed by atoms with Gasteiger partial charge in [0.1, 0.15) is 0 Å². The molecule has 9 nitrogen and oxygen atoms in total. The molecule has 3 unspecified atom stereocenters. The van der Waals surface area contributed by atoms with Crippen LogP contribution in [0.4, 0.5) is 70.2 Å². The molecule has 1 fully saturated rings. The molecule has 0 bridgehead atoms. The number of esters is 3. The number of carbonyl (C=O) groups excluding carboxylic acids is 3.